The van der Waals surface area contributed by atoms with E-state index in [1.54, 1.807) is 21.8 Å². The lowest BCUT2D eigenvalue weighted by atomic mass is 10.1. The van der Waals surface area contributed by atoms with E-state index in [-0.39, 0.29) is 11.8 Å². The first-order valence-corrected chi connectivity index (χ1v) is 10.4. The Hall–Kier alpha value is -2.87. The molecule has 0 unspecified atom stereocenters. The number of nitrogens with zero attached hydrogens (tertiary/aromatic N) is 4. The maximum Gasteiger partial charge on any atom is 0.274 e. The van der Waals surface area contributed by atoms with E-state index in [9.17, 15) is 9.59 Å². The Morgan fingerprint density at radius 1 is 1.23 bits per heavy atom. The number of hydrogen-bond acceptors (Lipinski definition) is 5. The molecule has 0 aliphatic carbocycles. The van der Waals surface area contributed by atoms with Crippen LogP contribution >= 0.6 is 0 Å². The summed E-state index contributed by atoms with van der Waals surface area (Å²) >= 11 is 0. The molecule has 1 aliphatic heterocycles. The van der Waals surface area contributed by atoms with Crippen molar-refractivity contribution in [1.82, 2.24) is 24.9 Å². The molecular formula is C22H31N5O3. The fourth-order valence-corrected chi connectivity index (χ4v) is 3.57. The highest BCUT2D eigenvalue weighted by molar-refractivity contribution is 5.93. The van der Waals surface area contributed by atoms with Crippen molar-refractivity contribution in [2.75, 3.05) is 39.8 Å². The zero-order chi connectivity index (χ0) is 21.7. The van der Waals surface area contributed by atoms with Gasteiger partial charge in [0.2, 0.25) is 5.91 Å². The predicted molar refractivity (Wildman–Crippen MR) is 115 cm³/mol. The second kappa shape index (κ2) is 9.75. The Morgan fingerprint density at radius 2 is 2.03 bits per heavy atom. The van der Waals surface area contributed by atoms with Crippen molar-refractivity contribution in [3.63, 3.8) is 0 Å². The molecule has 8 heteroatoms. The molecule has 0 spiro atoms. The van der Waals surface area contributed by atoms with Gasteiger partial charge in [0.05, 0.1) is 6.54 Å². The van der Waals surface area contributed by atoms with E-state index >= 15 is 0 Å². The predicted octanol–water partition coefficient (Wildman–Crippen LogP) is 1.47. The summed E-state index contributed by atoms with van der Waals surface area (Å²) < 4.78 is 7.51. The number of ether oxygens (including phenoxy) is 1. The maximum atomic E-state index is 12.8. The Kier molecular flexibility index (Phi) is 7.10. The molecule has 1 fully saturated rings. The lowest BCUT2D eigenvalue weighted by Gasteiger charge is -2.38. The van der Waals surface area contributed by atoms with Gasteiger partial charge in [-0.15, -0.1) is 0 Å². The van der Waals surface area contributed by atoms with Crippen molar-refractivity contribution >= 4 is 11.8 Å². The standard InChI is InChI=1S/C22H31N5O3/c1-5-27-10-8-18(24-27)22(29)26-12-11-25(4)19(15-26)21(28)23-9-13-30-20-7-6-16(2)14-17(20)3/h6-8,10,14,19H,5,9,11-13,15H2,1-4H3,(H,23,28)/t19-/m1/s1. The van der Waals surface area contributed by atoms with Crippen LogP contribution in [0.4, 0.5) is 0 Å². The number of likely N-dealkylation sites (N-methyl/N-ethyl adjacent to an activating group) is 1. The van der Waals surface area contributed by atoms with Crippen molar-refractivity contribution in [1.29, 1.82) is 0 Å². The van der Waals surface area contributed by atoms with Gasteiger partial charge in [0.1, 0.15) is 24.1 Å². The van der Waals surface area contributed by atoms with E-state index in [1.807, 2.05) is 44.9 Å². The molecule has 1 saturated heterocycles. The zero-order valence-electron chi connectivity index (χ0n) is 18.2. The molecule has 1 aliphatic rings. The average molecular weight is 414 g/mol. The van der Waals surface area contributed by atoms with Crippen LogP contribution in [0.5, 0.6) is 5.75 Å². The summed E-state index contributed by atoms with van der Waals surface area (Å²) in [5.74, 6) is 0.595. The molecule has 30 heavy (non-hydrogen) atoms. The molecule has 1 aromatic heterocycles. The third-order valence-corrected chi connectivity index (χ3v) is 5.41. The highest BCUT2D eigenvalue weighted by Gasteiger charge is 2.33. The molecule has 8 nitrogen and oxygen atoms in total. The van der Waals surface area contributed by atoms with Crippen molar-refractivity contribution in [2.45, 2.75) is 33.4 Å². The Balaban J connectivity index is 1.50. The van der Waals surface area contributed by atoms with Gasteiger partial charge in [-0.1, -0.05) is 17.7 Å². The minimum Gasteiger partial charge on any atom is -0.491 e. The first-order valence-electron chi connectivity index (χ1n) is 10.4. The topological polar surface area (TPSA) is 79.7 Å². The van der Waals surface area contributed by atoms with Crippen LogP contribution in [0.1, 0.15) is 28.5 Å². The molecule has 0 saturated carbocycles. The minimum atomic E-state index is -0.392. The van der Waals surface area contributed by atoms with Gasteiger partial charge in [-0.25, -0.2) is 0 Å². The van der Waals surface area contributed by atoms with Crippen LogP contribution in [0.2, 0.25) is 0 Å². The van der Waals surface area contributed by atoms with E-state index in [4.69, 9.17) is 4.74 Å². The lowest BCUT2D eigenvalue weighted by Crippen LogP contribution is -2.59. The Labute approximate surface area is 177 Å². The zero-order valence-corrected chi connectivity index (χ0v) is 18.2. The Bertz CT molecular complexity index is 895. The number of aryl methyl sites for hydroxylation is 3. The second-order valence-electron chi connectivity index (χ2n) is 7.71. The molecule has 0 radical (unpaired) electrons. The highest BCUT2D eigenvalue weighted by Crippen LogP contribution is 2.18. The van der Waals surface area contributed by atoms with Gasteiger partial charge in [-0.2, -0.15) is 5.10 Å². The van der Waals surface area contributed by atoms with Crippen molar-refractivity contribution in [2.24, 2.45) is 0 Å². The molecule has 2 heterocycles. The first-order chi connectivity index (χ1) is 14.4. The smallest absolute Gasteiger partial charge is 0.274 e. The number of piperazine rings is 1. The van der Waals surface area contributed by atoms with Crippen LogP contribution < -0.4 is 10.1 Å². The number of benzene rings is 1. The van der Waals surface area contributed by atoms with Gasteiger partial charge in [0.25, 0.3) is 5.91 Å². The monoisotopic (exact) mass is 413 g/mol. The van der Waals surface area contributed by atoms with E-state index < -0.39 is 6.04 Å². The van der Waals surface area contributed by atoms with E-state index in [0.29, 0.717) is 45.0 Å². The number of amides is 2. The van der Waals surface area contributed by atoms with Gasteiger partial charge in [0, 0.05) is 32.4 Å². The highest BCUT2D eigenvalue weighted by atomic mass is 16.5. The van der Waals surface area contributed by atoms with E-state index in [0.717, 1.165) is 11.3 Å². The number of aromatic nitrogens is 2. The number of hydrogen-bond donors (Lipinski definition) is 1. The summed E-state index contributed by atoms with van der Waals surface area (Å²) in [7, 11) is 1.91. The van der Waals surface area contributed by atoms with Crippen molar-refractivity contribution in [3.05, 3.63) is 47.3 Å². The summed E-state index contributed by atoms with van der Waals surface area (Å²) in [6.07, 6.45) is 1.79. The summed E-state index contributed by atoms with van der Waals surface area (Å²) in [6, 6.07) is 7.36. The van der Waals surface area contributed by atoms with Crippen LogP contribution in [0, 0.1) is 13.8 Å². The number of nitrogens with one attached hydrogen (secondary N) is 1. The van der Waals surface area contributed by atoms with Crippen LogP contribution in [-0.2, 0) is 11.3 Å². The van der Waals surface area contributed by atoms with Crippen LogP contribution in [-0.4, -0.2) is 77.3 Å². The summed E-state index contributed by atoms with van der Waals surface area (Å²) in [5.41, 5.74) is 2.68. The van der Waals surface area contributed by atoms with Gasteiger partial charge in [-0.05, 0) is 45.5 Å². The van der Waals surface area contributed by atoms with Crippen molar-refractivity contribution < 1.29 is 14.3 Å². The van der Waals surface area contributed by atoms with E-state index in [1.165, 1.54) is 5.56 Å². The third kappa shape index (κ3) is 5.18. The minimum absolute atomic E-state index is 0.0988. The van der Waals surface area contributed by atoms with Crippen LogP contribution in [0.15, 0.2) is 30.5 Å². The van der Waals surface area contributed by atoms with Crippen LogP contribution in [0.25, 0.3) is 0 Å². The molecule has 1 atom stereocenters. The summed E-state index contributed by atoms with van der Waals surface area (Å²) in [6.45, 7) is 9.10. The van der Waals surface area contributed by atoms with Gasteiger partial charge in [0.15, 0.2) is 0 Å². The SMILES string of the molecule is CCn1ccc(C(=O)N2CCN(C)[C@@H](C(=O)NCCOc3ccc(C)cc3C)C2)n1. The molecule has 0 bridgehead atoms. The van der Waals surface area contributed by atoms with Crippen molar-refractivity contribution in [3.8, 4) is 5.75 Å². The Morgan fingerprint density at radius 3 is 2.73 bits per heavy atom. The first kappa shape index (κ1) is 21.8. The normalized spacial score (nSPS) is 17.1. The number of carbonyl (C=O) groups excluding carboxylic acids is 2. The molecule has 2 amide bonds. The molecular weight excluding hydrogens is 382 g/mol. The van der Waals surface area contributed by atoms with E-state index in [2.05, 4.69) is 16.5 Å². The average Bonchev–Trinajstić information content (AvgIpc) is 3.21. The van der Waals surface area contributed by atoms with Gasteiger partial charge >= 0.3 is 0 Å². The second-order valence-corrected chi connectivity index (χ2v) is 7.71. The maximum absolute atomic E-state index is 12.8. The molecule has 2 aromatic rings. The fourth-order valence-electron chi connectivity index (χ4n) is 3.57. The summed E-state index contributed by atoms with van der Waals surface area (Å²) in [5, 5.41) is 7.22. The number of carbonyl (C=O) groups is 2. The summed E-state index contributed by atoms with van der Waals surface area (Å²) in [4.78, 5) is 29.2. The fraction of sp³-hybridized carbons (Fsp3) is 0.500. The lowest BCUT2D eigenvalue weighted by molar-refractivity contribution is -0.127. The molecule has 1 aromatic carbocycles. The van der Waals surface area contributed by atoms with Gasteiger partial charge < -0.3 is 15.0 Å². The largest absolute Gasteiger partial charge is 0.491 e. The third-order valence-electron chi connectivity index (χ3n) is 5.41. The van der Waals surface area contributed by atoms with Gasteiger partial charge in [-0.3, -0.25) is 19.2 Å². The quantitative estimate of drug-likeness (QED) is 0.696. The molecule has 3 rings (SSSR count). The number of rotatable bonds is 7. The molecule has 162 valence electrons. The molecule has 1 N–H and O–H groups in total. The van der Waals surface area contributed by atoms with Crippen LogP contribution in [0.3, 0.4) is 0 Å².